The molecule has 0 N–H and O–H groups in total. The molecule has 0 saturated heterocycles. The van der Waals surface area contributed by atoms with Crippen LogP contribution in [0.1, 0.15) is 0 Å². The monoisotopic (exact) mass is 746 g/mol. The molecule has 6 nitrogen and oxygen atoms in total. The predicted octanol–water partition coefficient (Wildman–Crippen LogP) is 13.9. The van der Waals surface area contributed by atoms with Crippen LogP contribution in [0.2, 0.25) is 0 Å². The van der Waals surface area contributed by atoms with E-state index in [0.29, 0.717) is 34.2 Å². The molecule has 0 atom stereocenters. The third-order valence-electron chi connectivity index (χ3n) is 5.76. The molecule has 48 heavy (non-hydrogen) atoms. The molecule has 0 radical (unpaired) electrons. The fraction of sp³-hybridized carbons (Fsp3) is 0.143. The summed E-state index contributed by atoms with van der Waals surface area (Å²) in [5.41, 5.74) is 3.25. The van der Waals surface area contributed by atoms with Crippen molar-refractivity contribution in [3.63, 3.8) is 0 Å². The fourth-order valence-corrected chi connectivity index (χ4v) is 3.96. The van der Waals surface area contributed by atoms with Crippen LogP contribution in [0.3, 0.4) is 0 Å². The van der Waals surface area contributed by atoms with Crippen LogP contribution in [0, 0.1) is 0 Å². The quantitative estimate of drug-likeness (QED) is 0.0980. The van der Waals surface area contributed by atoms with E-state index in [1.807, 2.05) is 72.8 Å². The first kappa shape index (κ1) is 38.2. The van der Waals surface area contributed by atoms with Crippen molar-refractivity contribution in [2.75, 3.05) is 28.4 Å². The summed E-state index contributed by atoms with van der Waals surface area (Å²) in [6, 6.07) is 23.2. The molecule has 0 bridgehead atoms. The summed E-state index contributed by atoms with van der Waals surface area (Å²) in [5, 5.41) is 1.76. The Morgan fingerprint density at radius 3 is 0.958 bits per heavy atom. The van der Waals surface area contributed by atoms with Crippen LogP contribution in [-0.2, 0) is 0 Å². The Balaban J connectivity index is 0.000000376. The van der Waals surface area contributed by atoms with Crippen LogP contribution in [-0.4, -0.2) is 28.4 Å². The van der Waals surface area contributed by atoms with Gasteiger partial charge >= 0.3 is 88.7 Å². The van der Waals surface area contributed by atoms with Crippen molar-refractivity contribution in [1.29, 1.82) is 0 Å². The van der Waals surface area contributed by atoms with Crippen molar-refractivity contribution in [1.82, 2.24) is 0 Å². The Morgan fingerprint density at radius 1 is 0.417 bits per heavy atom. The zero-order valence-corrected chi connectivity index (χ0v) is 26.6. The van der Waals surface area contributed by atoms with Gasteiger partial charge in [-0.3, -0.25) is 0 Å². The first-order valence-electron chi connectivity index (χ1n) is 12.7. The zero-order valence-electron chi connectivity index (χ0n) is 24.8. The van der Waals surface area contributed by atoms with E-state index >= 15 is 0 Å². The number of halogens is 12. The minimum absolute atomic E-state index is 0.673. The summed E-state index contributed by atoms with van der Waals surface area (Å²) in [6.07, 6.45) is 0. The summed E-state index contributed by atoms with van der Waals surface area (Å²) < 4.78 is 152. The normalized spacial score (nSPS) is 14.5. The number of fused-ring (bicyclic) bond motifs is 2. The van der Waals surface area contributed by atoms with Crippen molar-refractivity contribution < 1.29 is 78.1 Å². The van der Waals surface area contributed by atoms with Crippen LogP contribution in [0.4, 0.5) is 50.4 Å². The van der Waals surface area contributed by atoms with E-state index < -0.39 is 15.6 Å². The Bertz CT molecular complexity index is 1790. The number of benzene rings is 3. The first-order valence-corrected chi connectivity index (χ1v) is 16.8. The van der Waals surface area contributed by atoms with Crippen LogP contribution in [0.25, 0.3) is 44.6 Å². The number of rotatable bonds is 6. The molecule has 2 aromatic heterocycles. The van der Waals surface area contributed by atoms with Crippen molar-refractivity contribution in [3.8, 4) is 45.6 Å². The van der Waals surface area contributed by atoms with Gasteiger partial charge in [0.15, 0.2) is 0 Å². The standard InChI is InChI=1S/C28H24O6.2F6P/c1-29-19-13-25(31-3)21-9-11-23(33-27(21)15-19)17-5-7-18(8-6-17)24-12-10-22-26(32-4)14-20(30-2)16-28(22)34-24;2*1-7(2,3,4,5)6/h5-16H,1-4H3;;/q+2;2*-1. The number of ether oxygens (including phenoxy) is 4. The maximum atomic E-state index is 9.87. The van der Waals surface area contributed by atoms with E-state index in [2.05, 4.69) is 0 Å². The van der Waals surface area contributed by atoms with E-state index in [1.54, 1.807) is 28.4 Å². The van der Waals surface area contributed by atoms with Gasteiger partial charge in [0.2, 0.25) is 0 Å². The van der Waals surface area contributed by atoms with Gasteiger partial charge in [-0.1, -0.05) is 0 Å². The van der Waals surface area contributed by atoms with Crippen molar-refractivity contribution in [3.05, 3.63) is 72.8 Å². The SMILES string of the molecule is COc1cc(OC)c2ccc(-c3ccc(-c4ccc5c(OC)cc(OC)cc5[o+]4)cc3)[o+]c2c1.F[P-](F)(F)(F)(F)F.F[P-](F)(F)(F)(F)F. The molecule has 0 aliphatic carbocycles. The minimum atomic E-state index is -10.7. The summed E-state index contributed by atoms with van der Waals surface area (Å²) in [6.45, 7) is 0. The third-order valence-corrected chi connectivity index (χ3v) is 5.76. The van der Waals surface area contributed by atoms with Crippen molar-refractivity contribution in [2.24, 2.45) is 0 Å². The van der Waals surface area contributed by atoms with Gasteiger partial charge in [0.1, 0.15) is 33.8 Å². The number of methoxy groups -OCH3 is 4. The number of hydrogen-bond donors (Lipinski definition) is 0. The van der Waals surface area contributed by atoms with E-state index in [0.717, 1.165) is 33.4 Å². The molecule has 0 unspecified atom stereocenters. The average molecular weight is 746 g/mol. The van der Waals surface area contributed by atoms with Gasteiger partial charge < -0.3 is 18.9 Å². The Hall–Kier alpha value is -4.30. The van der Waals surface area contributed by atoms with Gasteiger partial charge in [-0.25, -0.2) is 8.83 Å². The van der Waals surface area contributed by atoms with Gasteiger partial charge in [-0.05, 0) is 36.4 Å². The average Bonchev–Trinajstić information content (AvgIpc) is 2.96. The summed E-state index contributed by atoms with van der Waals surface area (Å²) in [7, 11) is -14.8. The molecule has 0 aliphatic rings. The van der Waals surface area contributed by atoms with Gasteiger partial charge in [0.05, 0.1) is 51.7 Å². The molecule has 0 fully saturated rings. The van der Waals surface area contributed by atoms with Crippen LogP contribution in [0.15, 0.2) is 81.6 Å². The maximum absolute atomic E-state index is 10.7. The van der Waals surface area contributed by atoms with E-state index in [-0.39, 0.29) is 0 Å². The Kier molecular flexibility index (Phi) is 9.29. The van der Waals surface area contributed by atoms with Crippen LogP contribution >= 0.6 is 15.6 Å². The van der Waals surface area contributed by atoms with Crippen molar-refractivity contribution >= 4 is 37.6 Å². The van der Waals surface area contributed by atoms with Gasteiger partial charge in [-0.2, -0.15) is 0 Å². The molecule has 2 heterocycles. The molecule has 266 valence electrons. The van der Waals surface area contributed by atoms with Crippen molar-refractivity contribution in [2.45, 2.75) is 0 Å². The Morgan fingerprint density at radius 2 is 0.708 bits per heavy atom. The van der Waals surface area contributed by atoms with E-state index in [1.165, 1.54) is 0 Å². The molecule has 0 aliphatic heterocycles. The zero-order chi connectivity index (χ0) is 36.5. The molecule has 5 rings (SSSR count). The fourth-order valence-electron chi connectivity index (χ4n) is 3.96. The van der Waals surface area contributed by atoms with Gasteiger partial charge in [-0.15, -0.1) is 0 Å². The molecule has 5 aromatic rings. The second-order valence-corrected chi connectivity index (χ2v) is 13.4. The summed E-state index contributed by atoms with van der Waals surface area (Å²) in [5.74, 6) is 4.22. The molecule has 3 aromatic carbocycles. The molecule has 0 saturated carbocycles. The molecule has 0 amide bonds. The van der Waals surface area contributed by atoms with Crippen LogP contribution in [0.5, 0.6) is 23.0 Å². The van der Waals surface area contributed by atoms with Crippen LogP contribution < -0.4 is 18.9 Å². The second kappa shape index (κ2) is 11.7. The van der Waals surface area contributed by atoms with E-state index in [9.17, 15) is 50.4 Å². The second-order valence-electron chi connectivity index (χ2n) is 9.58. The topological polar surface area (TPSA) is 59.5 Å². The molecular weight excluding hydrogens is 722 g/mol. The summed E-state index contributed by atoms with van der Waals surface area (Å²) in [4.78, 5) is 0. The first-order chi connectivity index (χ1) is 21.5. The number of hydrogen-bond acceptors (Lipinski definition) is 4. The molecule has 20 heteroatoms. The third kappa shape index (κ3) is 13.4. The molecule has 0 spiro atoms. The Labute approximate surface area is 262 Å². The van der Waals surface area contributed by atoms with E-state index in [4.69, 9.17) is 27.8 Å². The van der Waals surface area contributed by atoms with Gasteiger partial charge in [0, 0.05) is 24.3 Å². The summed E-state index contributed by atoms with van der Waals surface area (Å²) >= 11 is 0. The molecular formula is C28H24F12O6P2. The predicted molar refractivity (Wildman–Crippen MR) is 159 cm³/mol. The van der Waals surface area contributed by atoms with Gasteiger partial charge in [0.25, 0.3) is 0 Å².